The number of ether oxygens (including phenoxy) is 1. The summed E-state index contributed by atoms with van der Waals surface area (Å²) in [6.07, 6.45) is 2.68. The van der Waals surface area contributed by atoms with Crippen molar-refractivity contribution < 1.29 is 19.2 Å². The van der Waals surface area contributed by atoms with E-state index in [1.54, 1.807) is 0 Å². The lowest BCUT2D eigenvalue weighted by Crippen LogP contribution is -2.21. The van der Waals surface area contributed by atoms with E-state index < -0.39 is 23.4 Å². The third-order valence-electron chi connectivity index (χ3n) is 4.53. The second-order valence-corrected chi connectivity index (χ2v) is 7.67. The zero-order valence-corrected chi connectivity index (χ0v) is 15.9. The second-order valence-electron chi connectivity index (χ2n) is 6.57. The maximum atomic E-state index is 12.2. The Kier molecular flexibility index (Phi) is 5.70. The van der Waals surface area contributed by atoms with Crippen LogP contribution in [0.4, 0.5) is 10.7 Å². The van der Waals surface area contributed by atoms with Crippen LogP contribution in [-0.4, -0.2) is 23.4 Å². The Labute approximate surface area is 164 Å². The van der Waals surface area contributed by atoms with Gasteiger partial charge < -0.3 is 10.1 Å². The molecule has 0 bridgehead atoms. The number of nitro benzene ring substituents is 1. The van der Waals surface area contributed by atoms with E-state index >= 15 is 0 Å². The molecule has 2 aromatic rings. The zero-order chi connectivity index (χ0) is 20.3. The smallest absolute Gasteiger partial charge is 0.345 e. The summed E-state index contributed by atoms with van der Waals surface area (Å²) in [7, 11) is 0. The average molecular weight is 399 g/mol. The molecule has 1 amide bonds. The Bertz CT molecular complexity index is 992. The fraction of sp³-hybridized carbons (Fsp3) is 0.316. The number of benzene rings is 1. The van der Waals surface area contributed by atoms with E-state index in [9.17, 15) is 25.0 Å². The summed E-state index contributed by atoms with van der Waals surface area (Å²) < 4.78 is 4.91. The molecule has 1 aromatic carbocycles. The van der Waals surface area contributed by atoms with Gasteiger partial charge in [0, 0.05) is 10.9 Å². The number of carbonyl (C=O) groups excluding carboxylic acids is 2. The number of nitro groups is 1. The van der Waals surface area contributed by atoms with Crippen LogP contribution < -0.4 is 5.32 Å². The van der Waals surface area contributed by atoms with Crippen molar-refractivity contribution in [2.45, 2.75) is 26.2 Å². The maximum Gasteiger partial charge on any atom is 0.345 e. The summed E-state index contributed by atoms with van der Waals surface area (Å²) in [4.78, 5) is 35.7. The largest absolute Gasteiger partial charge is 0.452 e. The molecule has 1 aliphatic carbocycles. The number of para-hydroxylation sites is 1. The number of rotatable bonds is 5. The quantitative estimate of drug-likeness (QED) is 0.467. The minimum atomic E-state index is -0.956. The average Bonchev–Trinajstić information content (AvgIpc) is 3.01. The van der Waals surface area contributed by atoms with Crippen molar-refractivity contribution in [2.75, 3.05) is 11.9 Å². The van der Waals surface area contributed by atoms with Gasteiger partial charge >= 0.3 is 5.97 Å². The standard InChI is InChI=1S/C19H17N3O5S/c1-11-6-7-12-14(9-20)18(28-16(12)8-11)21-17(23)10-27-19(24)13-4-2-3-5-15(13)22(25)26/h2-5,11H,6-8,10H2,1H3,(H,21,23)/t11-/m1/s1. The lowest BCUT2D eigenvalue weighted by Gasteiger charge is -2.17. The molecule has 28 heavy (non-hydrogen) atoms. The fourth-order valence-electron chi connectivity index (χ4n) is 3.13. The molecule has 8 nitrogen and oxygen atoms in total. The lowest BCUT2D eigenvalue weighted by atomic mass is 9.89. The van der Waals surface area contributed by atoms with Crippen molar-refractivity contribution in [3.05, 3.63) is 55.9 Å². The Morgan fingerprint density at radius 3 is 2.89 bits per heavy atom. The third-order valence-corrected chi connectivity index (χ3v) is 5.70. The molecule has 144 valence electrons. The summed E-state index contributed by atoms with van der Waals surface area (Å²) in [5.41, 5.74) is 0.835. The molecule has 1 N–H and O–H groups in total. The van der Waals surface area contributed by atoms with Gasteiger partial charge in [-0.05, 0) is 36.8 Å². The Hall–Kier alpha value is -3.25. The Morgan fingerprint density at radius 1 is 1.43 bits per heavy atom. The minimum Gasteiger partial charge on any atom is -0.452 e. The highest BCUT2D eigenvalue weighted by atomic mass is 32.1. The number of carbonyl (C=O) groups is 2. The fourth-order valence-corrected chi connectivity index (χ4v) is 4.51. The number of esters is 1. The van der Waals surface area contributed by atoms with E-state index in [1.807, 2.05) is 0 Å². The van der Waals surface area contributed by atoms with Crippen molar-refractivity contribution in [1.82, 2.24) is 0 Å². The van der Waals surface area contributed by atoms with Crippen LogP contribution in [0.3, 0.4) is 0 Å². The first-order chi connectivity index (χ1) is 13.4. The number of fused-ring (bicyclic) bond motifs is 1. The lowest BCUT2D eigenvalue weighted by molar-refractivity contribution is -0.385. The molecule has 0 saturated carbocycles. The van der Waals surface area contributed by atoms with Crippen molar-refractivity contribution >= 4 is 33.9 Å². The molecule has 1 heterocycles. The zero-order valence-electron chi connectivity index (χ0n) is 15.1. The summed E-state index contributed by atoms with van der Waals surface area (Å²) >= 11 is 1.37. The number of hydrogen-bond acceptors (Lipinski definition) is 7. The van der Waals surface area contributed by atoms with Crippen LogP contribution in [0.5, 0.6) is 0 Å². The van der Waals surface area contributed by atoms with Crippen LogP contribution in [0.2, 0.25) is 0 Å². The Balaban J connectivity index is 1.67. The molecule has 1 aromatic heterocycles. The third kappa shape index (κ3) is 4.02. The van der Waals surface area contributed by atoms with Gasteiger partial charge in [-0.2, -0.15) is 5.26 Å². The van der Waals surface area contributed by atoms with Gasteiger partial charge in [0.15, 0.2) is 6.61 Å². The van der Waals surface area contributed by atoms with Gasteiger partial charge in [0.25, 0.3) is 11.6 Å². The van der Waals surface area contributed by atoms with E-state index in [-0.39, 0.29) is 11.3 Å². The van der Waals surface area contributed by atoms with Crippen LogP contribution in [0.25, 0.3) is 0 Å². The van der Waals surface area contributed by atoms with Gasteiger partial charge in [0.05, 0.1) is 10.5 Å². The SMILES string of the molecule is C[C@@H]1CCc2c(sc(NC(=O)COC(=O)c3ccccc3[N+](=O)[O-])c2C#N)C1. The highest BCUT2D eigenvalue weighted by Gasteiger charge is 2.25. The number of nitrogens with zero attached hydrogens (tertiary/aromatic N) is 2. The first-order valence-corrected chi connectivity index (χ1v) is 9.47. The number of nitrogens with one attached hydrogen (secondary N) is 1. The topological polar surface area (TPSA) is 122 Å². The molecule has 0 spiro atoms. The van der Waals surface area contributed by atoms with Gasteiger partial charge in [-0.15, -0.1) is 11.3 Å². The van der Waals surface area contributed by atoms with Gasteiger partial charge in [-0.25, -0.2) is 4.79 Å². The molecule has 3 rings (SSSR count). The summed E-state index contributed by atoms with van der Waals surface area (Å²) in [5, 5.41) is 23.5. The van der Waals surface area contributed by atoms with Crippen LogP contribution in [0, 0.1) is 27.4 Å². The van der Waals surface area contributed by atoms with E-state index in [0.717, 1.165) is 29.7 Å². The van der Waals surface area contributed by atoms with Crippen molar-refractivity contribution in [1.29, 1.82) is 5.26 Å². The van der Waals surface area contributed by atoms with E-state index in [4.69, 9.17) is 4.74 Å². The van der Waals surface area contributed by atoms with Crippen LogP contribution in [0.1, 0.15) is 39.7 Å². The number of anilines is 1. The first-order valence-electron chi connectivity index (χ1n) is 8.65. The molecule has 1 atom stereocenters. The summed E-state index contributed by atoms with van der Waals surface area (Å²) in [6.45, 7) is 1.55. The van der Waals surface area contributed by atoms with Gasteiger partial charge in [-0.3, -0.25) is 14.9 Å². The number of nitriles is 1. The molecule has 9 heteroatoms. The van der Waals surface area contributed by atoms with Crippen molar-refractivity contribution in [2.24, 2.45) is 5.92 Å². The highest BCUT2D eigenvalue weighted by Crippen LogP contribution is 2.39. The molecule has 0 saturated heterocycles. The van der Waals surface area contributed by atoms with Crippen LogP contribution in [0.15, 0.2) is 24.3 Å². The molecule has 0 fully saturated rings. The first kappa shape index (κ1) is 19.5. The monoisotopic (exact) mass is 399 g/mol. The van der Waals surface area contributed by atoms with Gasteiger partial charge in [0.1, 0.15) is 16.6 Å². The predicted octanol–water partition coefficient (Wildman–Crippen LogP) is 3.45. The molecular formula is C19H17N3O5S. The normalized spacial score (nSPS) is 15.2. The second kappa shape index (κ2) is 8.19. The molecule has 1 aliphatic rings. The van der Waals surface area contributed by atoms with Crippen molar-refractivity contribution in [3.63, 3.8) is 0 Å². The summed E-state index contributed by atoms with van der Waals surface area (Å²) in [6, 6.07) is 7.51. The van der Waals surface area contributed by atoms with Gasteiger partial charge in [-0.1, -0.05) is 19.1 Å². The molecular weight excluding hydrogens is 382 g/mol. The van der Waals surface area contributed by atoms with E-state index in [0.29, 0.717) is 16.5 Å². The van der Waals surface area contributed by atoms with E-state index in [1.165, 1.54) is 35.6 Å². The number of thiophene rings is 1. The minimum absolute atomic E-state index is 0.224. The van der Waals surface area contributed by atoms with Crippen LogP contribution in [-0.2, 0) is 22.4 Å². The number of hydrogen-bond donors (Lipinski definition) is 1. The molecule has 0 radical (unpaired) electrons. The molecule has 0 aliphatic heterocycles. The Morgan fingerprint density at radius 2 is 2.18 bits per heavy atom. The highest BCUT2D eigenvalue weighted by molar-refractivity contribution is 7.16. The van der Waals surface area contributed by atoms with Crippen molar-refractivity contribution in [3.8, 4) is 6.07 Å². The summed E-state index contributed by atoms with van der Waals surface area (Å²) in [5.74, 6) is -1.03. The number of amides is 1. The van der Waals surface area contributed by atoms with E-state index in [2.05, 4.69) is 18.3 Å². The molecule has 0 unspecified atom stereocenters. The van der Waals surface area contributed by atoms with Crippen LogP contribution >= 0.6 is 11.3 Å². The maximum absolute atomic E-state index is 12.2. The van der Waals surface area contributed by atoms with Gasteiger partial charge in [0.2, 0.25) is 0 Å². The predicted molar refractivity (Wildman–Crippen MR) is 102 cm³/mol.